The minimum atomic E-state index is 0.0176. The van der Waals surface area contributed by atoms with Gasteiger partial charge in [-0.25, -0.2) is 0 Å². The van der Waals surface area contributed by atoms with Crippen molar-refractivity contribution in [3.63, 3.8) is 0 Å². The van der Waals surface area contributed by atoms with Gasteiger partial charge in [-0.1, -0.05) is 18.2 Å². The molecule has 0 aliphatic carbocycles. The minimum Gasteiger partial charge on any atom is -0.370 e. The topological polar surface area (TPSA) is 41.0 Å². The van der Waals surface area contributed by atoms with Gasteiger partial charge >= 0.3 is 0 Å². The van der Waals surface area contributed by atoms with Crippen molar-refractivity contribution < 1.29 is 0 Å². The number of H-pyrrole nitrogens is 1. The molecule has 0 bridgehead atoms. The molecule has 4 nitrogen and oxygen atoms in total. The molecule has 2 aromatic heterocycles. The Morgan fingerprint density at radius 2 is 2.09 bits per heavy atom. The summed E-state index contributed by atoms with van der Waals surface area (Å²) in [6.45, 7) is 2.44. The summed E-state index contributed by atoms with van der Waals surface area (Å²) in [5.41, 5.74) is 3.54. The Morgan fingerprint density at radius 1 is 1.22 bits per heavy atom. The highest BCUT2D eigenvalue weighted by Gasteiger charge is 2.16. The number of nitrogens with zero attached hydrogens (tertiary/aromatic N) is 2. The van der Waals surface area contributed by atoms with Gasteiger partial charge in [0, 0.05) is 25.3 Å². The third-order valence-electron chi connectivity index (χ3n) is 4.39. The van der Waals surface area contributed by atoms with Gasteiger partial charge in [0.1, 0.15) is 4.70 Å². The van der Waals surface area contributed by atoms with Crippen LogP contribution < -0.4 is 10.5 Å². The van der Waals surface area contributed by atoms with Crippen molar-refractivity contribution in [3.8, 4) is 0 Å². The van der Waals surface area contributed by atoms with Crippen LogP contribution in [0.3, 0.4) is 0 Å². The van der Waals surface area contributed by atoms with Crippen molar-refractivity contribution >= 4 is 39.5 Å². The summed E-state index contributed by atoms with van der Waals surface area (Å²) in [6, 6.07) is 10.4. The van der Waals surface area contributed by atoms with E-state index in [1.54, 1.807) is 4.57 Å². The predicted molar refractivity (Wildman–Crippen MR) is 98.2 cm³/mol. The van der Waals surface area contributed by atoms with Crippen LogP contribution >= 0.6 is 23.6 Å². The molecular weight excluding hydrogens is 326 g/mol. The van der Waals surface area contributed by atoms with Gasteiger partial charge in [0.15, 0.2) is 4.77 Å². The van der Waals surface area contributed by atoms with E-state index < -0.39 is 0 Å². The highest BCUT2D eigenvalue weighted by molar-refractivity contribution is 7.71. The fourth-order valence-corrected chi connectivity index (χ4v) is 4.32. The number of aromatic amines is 1. The van der Waals surface area contributed by atoms with Crippen molar-refractivity contribution in [2.75, 3.05) is 18.0 Å². The Morgan fingerprint density at radius 3 is 3.00 bits per heavy atom. The Bertz CT molecular complexity index is 970. The van der Waals surface area contributed by atoms with Gasteiger partial charge in [0.05, 0.1) is 5.52 Å². The molecule has 23 heavy (non-hydrogen) atoms. The lowest BCUT2D eigenvalue weighted by molar-refractivity contribution is 0.602. The van der Waals surface area contributed by atoms with E-state index in [0.29, 0.717) is 11.3 Å². The van der Waals surface area contributed by atoms with Crippen LogP contribution in [0.15, 0.2) is 40.5 Å². The summed E-state index contributed by atoms with van der Waals surface area (Å²) in [5.74, 6) is 0. The number of rotatable bonds is 3. The van der Waals surface area contributed by atoms with E-state index in [-0.39, 0.29) is 5.56 Å². The summed E-state index contributed by atoms with van der Waals surface area (Å²) in [6.07, 6.45) is 2.29. The lowest BCUT2D eigenvalue weighted by Crippen LogP contribution is -2.34. The third-order valence-corrected chi connectivity index (χ3v) is 5.62. The zero-order valence-electron chi connectivity index (χ0n) is 12.6. The van der Waals surface area contributed by atoms with E-state index in [1.807, 2.05) is 11.4 Å². The molecule has 0 amide bonds. The van der Waals surface area contributed by atoms with Crippen LogP contribution in [0.5, 0.6) is 0 Å². The van der Waals surface area contributed by atoms with Crippen LogP contribution in [0.25, 0.3) is 10.2 Å². The SMILES string of the molecule is O=c1c2sccc2[nH]c(=S)n1CCN1CCCc2ccccc21. The molecular formula is C17H17N3OS2. The van der Waals surface area contributed by atoms with Crippen LogP contribution in [0.2, 0.25) is 0 Å². The monoisotopic (exact) mass is 343 g/mol. The van der Waals surface area contributed by atoms with Crippen LogP contribution in [-0.2, 0) is 13.0 Å². The van der Waals surface area contributed by atoms with E-state index in [0.717, 1.165) is 36.1 Å². The van der Waals surface area contributed by atoms with Gasteiger partial charge in [-0.3, -0.25) is 9.36 Å². The molecule has 118 valence electrons. The largest absolute Gasteiger partial charge is 0.370 e. The molecule has 1 aliphatic rings. The maximum atomic E-state index is 12.6. The van der Waals surface area contributed by atoms with Crippen molar-refractivity contribution in [3.05, 3.63) is 56.4 Å². The van der Waals surface area contributed by atoms with E-state index in [2.05, 4.69) is 34.1 Å². The van der Waals surface area contributed by atoms with Crippen LogP contribution in [0.4, 0.5) is 5.69 Å². The van der Waals surface area contributed by atoms with Crippen LogP contribution in [-0.4, -0.2) is 22.6 Å². The van der Waals surface area contributed by atoms with E-state index in [4.69, 9.17) is 12.2 Å². The van der Waals surface area contributed by atoms with Gasteiger partial charge < -0.3 is 9.88 Å². The maximum Gasteiger partial charge on any atom is 0.272 e. The second-order valence-electron chi connectivity index (χ2n) is 5.77. The van der Waals surface area contributed by atoms with E-state index in [9.17, 15) is 4.79 Å². The van der Waals surface area contributed by atoms with Gasteiger partial charge in [0.2, 0.25) is 0 Å². The number of hydrogen-bond donors (Lipinski definition) is 1. The van der Waals surface area contributed by atoms with Gasteiger partial charge in [-0.2, -0.15) is 0 Å². The second-order valence-corrected chi connectivity index (χ2v) is 7.07. The smallest absolute Gasteiger partial charge is 0.272 e. The molecule has 3 aromatic rings. The molecule has 0 spiro atoms. The lowest BCUT2D eigenvalue weighted by atomic mass is 10.0. The second kappa shape index (κ2) is 5.94. The average Bonchev–Trinajstić information content (AvgIpc) is 3.03. The first kappa shape index (κ1) is 14.7. The molecule has 1 N–H and O–H groups in total. The first-order valence-electron chi connectivity index (χ1n) is 7.77. The standard InChI is InChI=1S/C17H17N3OS2/c21-16-15-13(7-11-23-15)18-17(22)20(16)10-9-19-8-3-5-12-4-1-2-6-14(12)19/h1-2,4,6-7,11H,3,5,8-10H2,(H,18,22). The maximum absolute atomic E-state index is 12.6. The minimum absolute atomic E-state index is 0.0176. The normalized spacial score (nSPS) is 14.2. The van der Waals surface area contributed by atoms with Crippen LogP contribution in [0, 0.1) is 4.77 Å². The molecule has 0 fully saturated rings. The predicted octanol–water partition coefficient (Wildman–Crippen LogP) is 3.57. The number of thiophene rings is 1. The number of fused-ring (bicyclic) bond motifs is 2. The molecule has 0 radical (unpaired) electrons. The molecule has 0 unspecified atom stereocenters. The highest BCUT2D eigenvalue weighted by atomic mass is 32.1. The number of aromatic nitrogens is 2. The first-order chi connectivity index (χ1) is 11.2. The number of benzene rings is 1. The summed E-state index contributed by atoms with van der Waals surface area (Å²) in [4.78, 5) is 18.1. The van der Waals surface area contributed by atoms with Crippen molar-refractivity contribution in [1.29, 1.82) is 0 Å². The molecule has 6 heteroatoms. The number of hydrogen-bond acceptors (Lipinski definition) is 4. The van der Waals surface area contributed by atoms with Gasteiger partial charge in [-0.05, 0) is 48.1 Å². The van der Waals surface area contributed by atoms with Crippen molar-refractivity contribution in [1.82, 2.24) is 9.55 Å². The van der Waals surface area contributed by atoms with Gasteiger partial charge in [-0.15, -0.1) is 11.3 Å². The molecule has 0 saturated heterocycles. The zero-order valence-corrected chi connectivity index (χ0v) is 14.3. The zero-order chi connectivity index (χ0) is 15.8. The Balaban J connectivity index is 1.63. The molecule has 1 aromatic carbocycles. The summed E-state index contributed by atoms with van der Waals surface area (Å²) < 4.78 is 2.94. The molecule has 1 aliphatic heterocycles. The highest BCUT2D eigenvalue weighted by Crippen LogP contribution is 2.26. The number of nitrogens with one attached hydrogen (secondary N) is 1. The summed E-state index contributed by atoms with van der Waals surface area (Å²) in [5, 5.41) is 1.92. The molecule has 4 rings (SSSR count). The Kier molecular flexibility index (Phi) is 3.79. The Hall–Kier alpha value is -1.92. The summed E-state index contributed by atoms with van der Waals surface area (Å²) >= 11 is 6.83. The third kappa shape index (κ3) is 2.62. The van der Waals surface area contributed by atoms with Crippen LogP contribution in [0.1, 0.15) is 12.0 Å². The van der Waals surface area contributed by atoms with Gasteiger partial charge in [0.25, 0.3) is 5.56 Å². The quantitative estimate of drug-likeness (QED) is 0.739. The van der Waals surface area contributed by atoms with Crippen molar-refractivity contribution in [2.24, 2.45) is 0 Å². The van der Waals surface area contributed by atoms with E-state index >= 15 is 0 Å². The molecule has 0 atom stereocenters. The summed E-state index contributed by atoms with van der Waals surface area (Å²) in [7, 11) is 0. The average molecular weight is 343 g/mol. The van der Waals surface area contributed by atoms with E-state index in [1.165, 1.54) is 22.6 Å². The number of para-hydroxylation sites is 1. The first-order valence-corrected chi connectivity index (χ1v) is 9.06. The fourth-order valence-electron chi connectivity index (χ4n) is 3.24. The van der Waals surface area contributed by atoms with Crippen molar-refractivity contribution in [2.45, 2.75) is 19.4 Å². The number of anilines is 1. The molecule has 0 saturated carbocycles. The lowest BCUT2D eigenvalue weighted by Gasteiger charge is -2.31. The fraction of sp³-hybridized carbons (Fsp3) is 0.294. The Labute approximate surface area is 143 Å². The molecule has 3 heterocycles. The number of aryl methyl sites for hydroxylation is 1.